The fourth-order valence-electron chi connectivity index (χ4n) is 1.20. The first-order chi connectivity index (χ1) is 8.06. The predicted octanol–water partition coefficient (Wildman–Crippen LogP) is 2.17. The topological polar surface area (TPSA) is 57.6 Å². The number of carboxylic acid groups (broad SMARTS) is 1. The summed E-state index contributed by atoms with van der Waals surface area (Å²) in [7, 11) is 0. The van der Waals surface area contributed by atoms with Crippen LogP contribution >= 0.6 is 24.0 Å². The average molecular weight is 271 g/mol. The highest BCUT2D eigenvalue weighted by molar-refractivity contribution is 8.26. The van der Waals surface area contributed by atoms with E-state index in [-0.39, 0.29) is 12.5 Å². The van der Waals surface area contributed by atoms with Crippen LogP contribution in [0.2, 0.25) is 0 Å². The number of allylic oxidation sites excluding steroid dienone is 3. The monoisotopic (exact) mass is 271 g/mol. The van der Waals surface area contributed by atoms with E-state index in [0.29, 0.717) is 9.23 Å². The number of thiocarbonyl (C=S) groups is 1. The van der Waals surface area contributed by atoms with E-state index in [9.17, 15) is 9.59 Å². The molecule has 1 heterocycles. The molecule has 17 heavy (non-hydrogen) atoms. The van der Waals surface area contributed by atoms with Crippen molar-refractivity contribution in [2.75, 3.05) is 6.54 Å². The van der Waals surface area contributed by atoms with E-state index in [1.165, 1.54) is 0 Å². The van der Waals surface area contributed by atoms with Gasteiger partial charge in [0.05, 0.1) is 4.91 Å². The third-order valence-electron chi connectivity index (χ3n) is 2.01. The molecule has 0 bridgehead atoms. The summed E-state index contributed by atoms with van der Waals surface area (Å²) in [6.45, 7) is 1.69. The van der Waals surface area contributed by atoms with Crippen molar-refractivity contribution in [3.63, 3.8) is 0 Å². The lowest BCUT2D eigenvalue weighted by Gasteiger charge is -2.09. The Balaban J connectivity index is 2.70. The molecule has 1 amide bonds. The molecule has 0 aromatic rings. The smallest absolute Gasteiger partial charge is 0.323 e. The number of aliphatic carboxylic acids is 1. The molecule has 1 saturated heterocycles. The number of nitrogens with zero attached hydrogens (tertiary/aromatic N) is 1. The van der Waals surface area contributed by atoms with E-state index < -0.39 is 5.97 Å². The van der Waals surface area contributed by atoms with E-state index in [2.05, 4.69) is 6.92 Å². The first kappa shape index (κ1) is 13.9. The van der Waals surface area contributed by atoms with Gasteiger partial charge >= 0.3 is 5.97 Å². The first-order valence-corrected chi connectivity index (χ1v) is 6.41. The lowest BCUT2D eigenvalue weighted by atomic mass is 10.3. The van der Waals surface area contributed by atoms with Gasteiger partial charge in [-0.1, -0.05) is 49.5 Å². The second-order valence-electron chi connectivity index (χ2n) is 3.40. The summed E-state index contributed by atoms with van der Waals surface area (Å²) in [5, 5.41) is 8.65. The van der Waals surface area contributed by atoms with Gasteiger partial charge in [-0.15, -0.1) is 0 Å². The minimum Gasteiger partial charge on any atom is -0.480 e. The van der Waals surface area contributed by atoms with Crippen LogP contribution in [0.4, 0.5) is 0 Å². The minimum atomic E-state index is -1.07. The van der Waals surface area contributed by atoms with Gasteiger partial charge in [-0.2, -0.15) is 0 Å². The van der Waals surface area contributed by atoms with Gasteiger partial charge < -0.3 is 5.11 Å². The summed E-state index contributed by atoms with van der Waals surface area (Å²) in [5.74, 6) is -1.40. The second kappa shape index (κ2) is 6.56. The molecular weight excluding hydrogens is 258 g/mol. The maximum Gasteiger partial charge on any atom is 0.323 e. The lowest BCUT2D eigenvalue weighted by molar-refractivity contribution is -0.140. The molecule has 1 rings (SSSR count). The molecule has 1 aliphatic rings. The van der Waals surface area contributed by atoms with Gasteiger partial charge in [0.25, 0.3) is 5.91 Å². The highest BCUT2D eigenvalue weighted by Crippen LogP contribution is 2.30. The minimum absolute atomic E-state index is 0.299. The largest absolute Gasteiger partial charge is 0.480 e. The Bertz CT molecular complexity index is 402. The summed E-state index contributed by atoms with van der Waals surface area (Å²) in [5.41, 5.74) is 0. The molecule has 0 unspecified atom stereocenters. The summed E-state index contributed by atoms with van der Waals surface area (Å²) < 4.78 is 0.299. The number of carboxylic acids is 1. The van der Waals surface area contributed by atoms with E-state index in [1.54, 1.807) is 12.2 Å². The van der Waals surface area contributed by atoms with Crippen molar-refractivity contribution in [1.29, 1.82) is 0 Å². The number of hydrogen-bond acceptors (Lipinski definition) is 4. The summed E-state index contributed by atoms with van der Waals surface area (Å²) >= 11 is 6.09. The van der Waals surface area contributed by atoms with Gasteiger partial charge in [0, 0.05) is 0 Å². The van der Waals surface area contributed by atoms with Crippen molar-refractivity contribution in [3.8, 4) is 0 Å². The zero-order valence-electron chi connectivity index (χ0n) is 9.38. The highest BCUT2D eigenvalue weighted by Gasteiger charge is 2.32. The molecule has 0 atom stereocenters. The van der Waals surface area contributed by atoms with E-state index >= 15 is 0 Å². The molecule has 0 spiro atoms. The highest BCUT2D eigenvalue weighted by atomic mass is 32.2. The molecule has 92 valence electrons. The van der Waals surface area contributed by atoms with Crippen LogP contribution in [0.15, 0.2) is 23.1 Å². The Morgan fingerprint density at radius 3 is 2.88 bits per heavy atom. The van der Waals surface area contributed by atoms with Crippen LogP contribution in [0, 0.1) is 0 Å². The third kappa shape index (κ3) is 3.98. The number of carbonyl (C=O) groups excluding carboxylic acids is 1. The molecule has 6 heteroatoms. The lowest BCUT2D eigenvalue weighted by Crippen LogP contribution is -2.33. The Morgan fingerprint density at radius 2 is 2.29 bits per heavy atom. The van der Waals surface area contributed by atoms with Crippen LogP contribution in [-0.2, 0) is 9.59 Å². The van der Waals surface area contributed by atoms with Crippen LogP contribution in [-0.4, -0.2) is 32.7 Å². The molecule has 0 saturated carbocycles. The molecule has 0 aliphatic carbocycles. The Hall–Kier alpha value is -1.14. The van der Waals surface area contributed by atoms with Crippen LogP contribution in [0.5, 0.6) is 0 Å². The zero-order chi connectivity index (χ0) is 12.8. The summed E-state index contributed by atoms with van der Waals surface area (Å²) in [4.78, 5) is 23.9. The SMILES string of the molecule is CCC/C=C/C=C1\SC(=S)N(CC(=O)O)C1=O. The van der Waals surface area contributed by atoms with Crippen LogP contribution in [0.3, 0.4) is 0 Å². The molecule has 0 aromatic heterocycles. The number of amides is 1. The molecular formula is C11H13NO3S2. The fourth-order valence-corrected chi connectivity index (χ4v) is 2.41. The molecule has 0 aromatic carbocycles. The van der Waals surface area contributed by atoms with Gasteiger partial charge in [-0.05, 0) is 12.5 Å². The van der Waals surface area contributed by atoms with Crippen LogP contribution < -0.4 is 0 Å². The molecule has 4 nitrogen and oxygen atoms in total. The summed E-state index contributed by atoms with van der Waals surface area (Å²) in [6.07, 6.45) is 7.44. The quantitative estimate of drug-likeness (QED) is 0.613. The normalized spacial score (nSPS) is 18.6. The predicted molar refractivity (Wildman–Crippen MR) is 71.7 cm³/mol. The molecule has 1 N–H and O–H groups in total. The maximum absolute atomic E-state index is 11.8. The number of rotatable bonds is 5. The third-order valence-corrected chi connectivity index (χ3v) is 3.40. The van der Waals surface area contributed by atoms with Crippen LogP contribution in [0.25, 0.3) is 0 Å². The van der Waals surface area contributed by atoms with Crippen molar-refractivity contribution in [3.05, 3.63) is 23.1 Å². The van der Waals surface area contributed by atoms with Gasteiger partial charge in [0.15, 0.2) is 0 Å². The number of carbonyl (C=O) groups is 2. The van der Waals surface area contributed by atoms with Gasteiger partial charge in [0.2, 0.25) is 0 Å². The number of thioether (sulfide) groups is 1. The fraction of sp³-hybridized carbons (Fsp3) is 0.364. The van der Waals surface area contributed by atoms with E-state index in [0.717, 1.165) is 29.5 Å². The van der Waals surface area contributed by atoms with Crippen molar-refractivity contribution in [1.82, 2.24) is 4.90 Å². The Morgan fingerprint density at radius 1 is 1.59 bits per heavy atom. The van der Waals surface area contributed by atoms with Gasteiger partial charge in [0.1, 0.15) is 10.9 Å². The van der Waals surface area contributed by atoms with E-state index in [4.69, 9.17) is 17.3 Å². The van der Waals surface area contributed by atoms with Crippen molar-refractivity contribution >= 4 is 40.2 Å². The zero-order valence-corrected chi connectivity index (χ0v) is 11.0. The van der Waals surface area contributed by atoms with Gasteiger partial charge in [-0.3, -0.25) is 14.5 Å². The standard InChI is InChI=1S/C11H13NO3S2/c1-2-3-4-5-6-8-10(15)12(7-9(13)14)11(16)17-8/h4-6H,2-3,7H2,1H3,(H,13,14)/b5-4+,8-6-. The first-order valence-electron chi connectivity index (χ1n) is 5.18. The number of hydrogen-bond donors (Lipinski definition) is 1. The Kier molecular flexibility index (Phi) is 5.37. The second-order valence-corrected chi connectivity index (χ2v) is 5.08. The number of unbranched alkanes of at least 4 members (excludes halogenated alkanes) is 1. The van der Waals surface area contributed by atoms with Crippen molar-refractivity contribution in [2.24, 2.45) is 0 Å². The summed E-state index contributed by atoms with van der Waals surface area (Å²) in [6, 6.07) is 0. The van der Waals surface area contributed by atoms with Crippen LogP contribution in [0.1, 0.15) is 19.8 Å². The molecule has 0 radical (unpaired) electrons. The van der Waals surface area contributed by atoms with Crippen molar-refractivity contribution in [2.45, 2.75) is 19.8 Å². The molecule has 1 aliphatic heterocycles. The Labute approximate surface area is 109 Å². The average Bonchev–Trinajstić information content (AvgIpc) is 2.52. The van der Waals surface area contributed by atoms with E-state index in [1.807, 2.05) is 6.08 Å². The van der Waals surface area contributed by atoms with Crippen molar-refractivity contribution < 1.29 is 14.7 Å². The molecule has 1 fully saturated rings. The van der Waals surface area contributed by atoms with Gasteiger partial charge in [-0.25, -0.2) is 0 Å². The maximum atomic E-state index is 11.8.